The first-order valence-electron chi connectivity index (χ1n) is 17.4. The number of nitrogens with zero attached hydrogens (tertiary/aromatic N) is 1. The normalized spacial score (nSPS) is 16.5. The largest absolute Gasteiger partial charge is 0.370 e. The van der Waals surface area contributed by atoms with Gasteiger partial charge in [0.25, 0.3) is 0 Å². The van der Waals surface area contributed by atoms with Gasteiger partial charge in [0, 0.05) is 21.9 Å². The van der Waals surface area contributed by atoms with Crippen LogP contribution in [0.2, 0.25) is 0 Å². The minimum Gasteiger partial charge on any atom is -0.370 e. The lowest BCUT2D eigenvalue weighted by Crippen LogP contribution is -2.31. The van der Waals surface area contributed by atoms with E-state index in [4.69, 9.17) is 4.99 Å². The fraction of sp³-hybridized carbons (Fsp3) is 0.0851. The summed E-state index contributed by atoms with van der Waals surface area (Å²) < 4.78 is 0. The summed E-state index contributed by atoms with van der Waals surface area (Å²) in [7, 11) is -0.698. The topological polar surface area (TPSA) is 24.4 Å². The second-order valence-electron chi connectivity index (χ2n) is 14.0. The molecule has 1 aliphatic heterocycles. The highest BCUT2D eigenvalue weighted by Crippen LogP contribution is 2.56. The molecule has 10 rings (SSSR count). The predicted molar refractivity (Wildman–Crippen MR) is 212 cm³/mol. The number of fused-ring (bicyclic) bond motifs is 6. The summed E-state index contributed by atoms with van der Waals surface area (Å²) in [5.41, 5.74) is 13.4. The van der Waals surface area contributed by atoms with Crippen LogP contribution in [-0.2, 0) is 5.41 Å². The van der Waals surface area contributed by atoms with Gasteiger partial charge in [0.15, 0.2) is 0 Å². The van der Waals surface area contributed by atoms with Crippen molar-refractivity contribution in [3.05, 3.63) is 197 Å². The molecule has 1 heterocycles. The maximum absolute atomic E-state index is 5.52. The molecule has 0 aromatic heterocycles. The molecule has 2 nitrogen and oxygen atoms in total. The second-order valence-corrected chi connectivity index (χ2v) is 16.2. The Bertz CT molecular complexity index is 2480. The molecule has 0 saturated heterocycles. The molecule has 238 valence electrons. The van der Waals surface area contributed by atoms with Crippen molar-refractivity contribution in [3.63, 3.8) is 0 Å². The number of hydrogen-bond acceptors (Lipinski definition) is 2. The molecule has 0 fully saturated rings. The van der Waals surface area contributed by atoms with E-state index in [-0.39, 0.29) is 11.5 Å². The van der Waals surface area contributed by atoms with Crippen molar-refractivity contribution in [1.82, 2.24) is 5.32 Å². The zero-order chi connectivity index (χ0) is 33.4. The SMILES string of the molecule is CC1(C)c2cc(P(c3ccccc3)c3ccccc3)ccc2-c2c1cc1c3c(cccc23)C2=C1NC(c1ccccc1)C(c1ccccc1)=N2. The van der Waals surface area contributed by atoms with Gasteiger partial charge in [0.05, 0.1) is 23.1 Å². The summed E-state index contributed by atoms with van der Waals surface area (Å²) in [4.78, 5) is 5.52. The van der Waals surface area contributed by atoms with Crippen LogP contribution in [0.1, 0.15) is 53.3 Å². The minimum absolute atomic E-state index is 0.0575. The minimum atomic E-state index is -0.698. The first-order chi connectivity index (χ1) is 24.6. The molecule has 7 aromatic rings. The van der Waals surface area contributed by atoms with E-state index in [1.807, 2.05) is 0 Å². The first kappa shape index (κ1) is 29.4. The summed E-state index contributed by atoms with van der Waals surface area (Å²) in [6.07, 6.45) is 0. The smallest absolute Gasteiger partial charge is 0.0951 e. The molecule has 0 bridgehead atoms. The van der Waals surface area contributed by atoms with Crippen molar-refractivity contribution in [2.24, 2.45) is 4.99 Å². The molecule has 1 atom stereocenters. The van der Waals surface area contributed by atoms with Gasteiger partial charge in [-0.25, -0.2) is 4.99 Å². The molecular formula is C47H35N2P. The molecular weight excluding hydrogens is 624 g/mol. The third-order valence-corrected chi connectivity index (χ3v) is 13.2. The van der Waals surface area contributed by atoms with Crippen molar-refractivity contribution in [2.75, 3.05) is 0 Å². The van der Waals surface area contributed by atoms with Crippen LogP contribution >= 0.6 is 7.92 Å². The van der Waals surface area contributed by atoms with Crippen LogP contribution in [-0.4, -0.2) is 5.71 Å². The molecule has 1 N–H and O–H groups in total. The lowest BCUT2D eigenvalue weighted by molar-refractivity contribution is 0.661. The average Bonchev–Trinajstić information content (AvgIpc) is 3.61. The van der Waals surface area contributed by atoms with Crippen LogP contribution in [0.5, 0.6) is 0 Å². The maximum atomic E-state index is 5.52. The van der Waals surface area contributed by atoms with Crippen molar-refractivity contribution >= 4 is 51.7 Å². The van der Waals surface area contributed by atoms with Crippen LogP contribution in [0.3, 0.4) is 0 Å². The number of benzene rings is 7. The van der Waals surface area contributed by atoms with Gasteiger partial charge in [-0.1, -0.05) is 166 Å². The highest BCUT2D eigenvalue weighted by molar-refractivity contribution is 7.79. The van der Waals surface area contributed by atoms with E-state index < -0.39 is 7.92 Å². The Labute approximate surface area is 294 Å². The third kappa shape index (κ3) is 4.35. The van der Waals surface area contributed by atoms with Crippen LogP contribution in [0.4, 0.5) is 0 Å². The monoisotopic (exact) mass is 658 g/mol. The lowest BCUT2D eigenvalue weighted by atomic mass is 9.81. The molecule has 50 heavy (non-hydrogen) atoms. The zero-order valence-corrected chi connectivity index (χ0v) is 29.0. The van der Waals surface area contributed by atoms with Gasteiger partial charge in [-0.15, -0.1) is 0 Å². The van der Waals surface area contributed by atoms with Crippen molar-refractivity contribution < 1.29 is 0 Å². The van der Waals surface area contributed by atoms with Crippen LogP contribution < -0.4 is 21.2 Å². The Morgan fingerprint density at radius 3 is 1.88 bits per heavy atom. The Morgan fingerprint density at radius 2 is 1.20 bits per heavy atom. The van der Waals surface area contributed by atoms with E-state index in [0.717, 1.165) is 22.7 Å². The number of nitrogens with one attached hydrogen (secondary N) is 1. The van der Waals surface area contributed by atoms with E-state index in [1.54, 1.807) is 0 Å². The van der Waals surface area contributed by atoms with E-state index >= 15 is 0 Å². The molecule has 0 spiro atoms. The summed E-state index contributed by atoms with van der Waals surface area (Å²) >= 11 is 0. The van der Waals surface area contributed by atoms with Crippen LogP contribution in [0.15, 0.2) is 169 Å². The van der Waals surface area contributed by atoms with Gasteiger partial charge >= 0.3 is 0 Å². The quantitative estimate of drug-likeness (QED) is 0.183. The fourth-order valence-corrected chi connectivity index (χ4v) is 10.8. The molecule has 1 unspecified atom stereocenters. The summed E-state index contributed by atoms with van der Waals surface area (Å²) in [5.74, 6) is 0. The highest BCUT2D eigenvalue weighted by atomic mass is 31.1. The summed E-state index contributed by atoms with van der Waals surface area (Å²) in [5, 5.41) is 10.8. The molecule has 3 aliphatic rings. The van der Waals surface area contributed by atoms with Gasteiger partial charge < -0.3 is 5.32 Å². The maximum Gasteiger partial charge on any atom is 0.0951 e. The molecule has 2 aliphatic carbocycles. The molecule has 0 saturated carbocycles. The third-order valence-electron chi connectivity index (χ3n) is 10.8. The van der Waals surface area contributed by atoms with Gasteiger partial charge in [-0.05, 0) is 74.7 Å². The number of hydrogen-bond donors (Lipinski definition) is 1. The van der Waals surface area contributed by atoms with E-state index in [1.165, 1.54) is 65.6 Å². The van der Waals surface area contributed by atoms with E-state index in [2.05, 4.69) is 183 Å². The van der Waals surface area contributed by atoms with Gasteiger partial charge in [-0.2, -0.15) is 0 Å². The van der Waals surface area contributed by atoms with Gasteiger partial charge in [0.2, 0.25) is 0 Å². The van der Waals surface area contributed by atoms with Crippen molar-refractivity contribution in [1.29, 1.82) is 0 Å². The van der Waals surface area contributed by atoms with E-state index in [0.29, 0.717) is 0 Å². The summed E-state index contributed by atoms with van der Waals surface area (Å²) in [6, 6.07) is 60.0. The molecule has 3 heteroatoms. The van der Waals surface area contributed by atoms with Crippen molar-refractivity contribution in [2.45, 2.75) is 25.3 Å². The molecule has 0 radical (unpaired) electrons. The second kappa shape index (κ2) is 11.2. The number of rotatable bonds is 5. The number of aliphatic imine (C=N–C) groups is 1. The lowest BCUT2D eigenvalue weighted by Gasteiger charge is -2.29. The van der Waals surface area contributed by atoms with Crippen LogP contribution in [0, 0.1) is 0 Å². The fourth-order valence-electron chi connectivity index (χ4n) is 8.46. The van der Waals surface area contributed by atoms with Crippen molar-refractivity contribution in [3.8, 4) is 11.1 Å². The van der Waals surface area contributed by atoms with Gasteiger partial charge in [0.1, 0.15) is 0 Å². The Hall–Kier alpha value is -5.56. The Kier molecular flexibility index (Phi) is 6.60. The Morgan fingerprint density at radius 1 is 0.560 bits per heavy atom. The predicted octanol–water partition coefficient (Wildman–Crippen LogP) is 9.88. The highest BCUT2D eigenvalue weighted by Gasteiger charge is 2.41. The summed E-state index contributed by atoms with van der Waals surface area (Å²) in [6.45, 7) is 4.82. The first-order valence-corrected chi connectivity index (χ1v) is 18.8. The molecule has 7 aromatic carbocycles. The molecule has 0 amide bonds. The van der Waals surface area contributed by atoms with E-state index in [9.17, 15) is 0 Å². The van der Waals surface area contributed by atoms with Crippen LogP contribution in [0.25, 0.3) is 33.3 Å². The van der Waals surface area contributed by atoms with Gasteiger partial charge in [-0.3, -0.25) is 0 Å². The Balaban J connectivity index is 1.15. The standard InChI is InChI=1S/C47H35N2P/c1-47(2)39-28-34(50(32-20-11-5-12-21-32)33-22-13-6-14-23-33)26-27-35(39)42-36-24-15-25-37-41(36)38(29-40(42)47)46-45(37)48-43(30-16-7-3-8-17-30)44(49-46)31-18-9-4-10-19-31/h3-29,44,49H,1-2H3. The average molecular weight is 659 g/mol. The zero-order valence-electron chi connectivity index (χ0n) is 28.1.